The minimum absolute atomic E-state index is 0.0309. The number of Topliss-reactive ketones (excluding diaryl/α,β-unsaturated/α-hetero) is 1. The Morgan fingerprint density at radius 1 is 0.969 bits per heavy atom. The molecule has 2 aromatic carbocycles. The lowest BCUT2D eigenvalue weighted by molar-refractivity contribution is -0.143. The fourth-order valence-electron chi connectivity index (χ4n) is 3.36. The summed E-state index contributed by atoms with van der Waals surface area (Å²) < 4.78 is 6.17. The number of esters is 1. The van der Waals surface area contributed by atoms with Gasteiger partial charge in [0, 0.05) is 34.1 Å². The molecule has 6 nitrogen and oxygen atoms in total. The summed E-state index contributed by atoms with van der Waals surface area (Å²) in [6.45, 7) is 3.54. The van der Waals surface area contributed by atoms with Crippen molar-refractivity contribution < 1.29 is 14.3 Å². The van der Waals surface area contributed by atoms with E-state index in [1.807, 2.05) is 0 Å². The molecule has 0 atom stereocenters. The fraction of sp³-hybridized carbons (Fsp3) is 0.250. The molecule has 0 N–H and O–H groups in total. The van der Waals surface area contributed by atoms with E-state index in [2.05, 4.69) is 5.10 Å². The minimum atomic E-state index is -0.510. The first-order chi connectivity index (χ1) is 15.3. The predicted octanol–water partition coefficient (Wildman–Crippen LogP) is 5.43. The maximum Gasteiger partial charge on any atom is 0.305 e. The average molecular weight is 473 g/mol. The fourth-order valence-corrected chi connectivity index (χ4v) is 3.61. The number of aromatic nitrogens is 2. The summed E-state index contributed by atoms with van der Waals surface area (Å²) in [5.74, 6) is -0.722. The molecule has 0 saturated heterocycles. The maximum absolute atomic E-state index is 13.2. The van der Waals surface area contributed by atoms with Crippen molar-refractivity contribution in [2.75, 3.05) is 6.61 Å². The highest BCUT2D eigenvalue weighted by molar-refractivity contribution is 6.31. The van der Waals surface area contributed by atoms with E-state index < -0.39 is 5.56 Å². The molecule has 0 fully saturated rings. The monoisotopic (exact) mass is 472 g/mol. The third kappa shape index (κ3) is 5.44. The van der Waals surface area contributed by atoms with Crippen molar-refractivity contribution in [2.24, 2.45) is 0 Å². The summed E-state index contributed by atoms with van der Waals surface area (Å²) in [7, 11) is 0. The first-order valence-electron chi connectivity index (χ1n) is 10.1. The Hall–Kier alpha value is -2.96. The molecule has 0 unspecified atom stereocenters. The van der Waals surface area contributed by atoms with Crippen molar-refractivity contribution >= 4 is 35.0 Å². The highest BCUT2D eigenvalue weighted by Gasteiger charge is 2.23. The van der Waals surface area contributed by atoms with E-state index >= 15 is 0 Å². The van der Waals surface area contributed by atoms with Crippen LogP contribution in [0.25, 0.3) is 22.4 Å². The smallest absolute Gasteiger partial charge is 0.305 e. The number of carbonyl (C=O) groups excluding carboxylic acids is 2. The number of carbonyl (C=O) groups is 2. The number of benzene rings is 2. The van der Waals surface area contributed by atoms with E-state index in [9.17, 15) is 14.4 Å². The Balaban J connectivity index is 2.18. The van der Waals surface area contributed by atoms with Crippen LogP contribution in [-0.2, 0) is 16.1 Å². The third-order valence-electron chi connectivity index (χ3n) is 4.81. The van der Waals surface area contributed by atoms with Crippen LogP contribution < -0.4 is 5.56 Å². The van der Waals surface area contributed by atoms with E-state index in [1.165, 1.54) is 11.6 Å². The van der Waals surface area contributed by atoms with Crippen LogP contribution in [0.15, 0.2) is 53.3 Å². The summed E-state index contributed by atoms with van der Waals surface area (Å²) in [5.41, 5.74) is 1.76. The van der Waals surface area contributed by atoms with Crippen LogP contribution >= 0.6 is 23.2 Å². The van der Waals surface area contributed by atoms with Gasteiger partial charge in [-0.15, -0.1) is 0 Å². The first-order valence-corrected chi connectivity index (χ1v) is 10.9. The van der Waals surface area contributed by atoms with Crippen LogP contribution in [0, 0.1) is 0 Å². The molecule has 166 valence electrons. The highest BCUT2D eigenvalue weighted by Crippen LogP contribution is 2.33. The van der Waals surface area contributed by atoms with Gasteiger partial charge in [-0.3, -0.25) is 14.4 Å². The lowest BCUT2D eigenvalue weighted by atomic mass is 9.94. The predicted molar refractivity (Wildman–Crippen MR) is 125 cm³/mol. The molecular weight excluding hydrogens is 451 g/mol. The van der Waals surface area contributed by atoms with Gasteiger partial charge in [0.15, 0.2) is 5.78 Å². The van der Waals surface area contributed by atoms with Crippen molar-refractivity contribution in [3.05, 3.63) is 74.5 Å². The molecule has 32 heavy (non-hydrogen) atoms. The molecule has 0 aliphatic carbocycles. The summed E-state index contributed by atoms with van der Waals surface area (Å²) >= 11 is 12.1. The van der Waals surface area contributed by atoms with Crippen molar-refractivity contribution in [1.82, 2.24) is 9.78 Å². The van der Waals surface area contributed by atoms with Gasteiger partial charge in [0.25, 0.3) is 5.56 Å². The van der Waals surface area contributed by atoms with Gasteiger partial charge in [-0.05, 0) is 50.1 Å². The minimum Gasteiger partial charge on any atom is -0.466 e. The van der Waals surface area contributed by atoms with E-state index in [4.69, 9.17) is 27.9 Å². The number of hydrogen-bond donors (Lipinski definition) is 0. The normalized spacial score (nSPS) is 10.8. The van der Waals surface area contributed by atoms with Gasteiger partial charge >= 0.3 is 5.97 Å². The second-order valence-corrected chi connectivity index (χ2v) is 7.98. The number of aryl methyl sites for hydroxylation is 1. The largest absolute Gasteiger partial charge is 0.466 e. The number of ether oxygens (including phenoxy) is 1. The number of nitrogens with zero attached hydrogens (tertiary/aromatic N) is 2. The molecule has 0 aliphatic heterocycles. The van der Waals surface area contributed by atoms with Crippen molar-refractivity contribution in [1.29, 1.82) is 0 Å². The molecule has 1 aromatic heterocycles. The molecule has 1 heterocycles. The molecular formula is C24H22Cl2N2O4. The zero-order valence-corrected chi connectivity index (χ0v) is 19.2. The molecule has 3 aromatic rings. The van der Waals surface area contributed by atoms with E-state index in [0.717, 1.165) is 0 Å². The third-order valence-corrected chi connectivity index (χ3v) is 5.32. The van der Waals surface area contributed by atoms with Crippen LogP contribution in [-0.4, -0.2) is 28.1 Å². The lowest BCUT2D eigenvalue weighted by Crippen LogP contribution is -2.30. The number of rotatable bonds is 8. The van der Waals surface area contributed by atoms with Crippen LogP contribution in [0.1, 0.15) is 37.0 Å². The van der Waals surface area contributed by atoms with Gasteiger partial charge in [-0.2, -0.15) is 5.10 Å². The quantitative estimate of drug-likeness (QED) is 0.322. The maximum atomic E-state index is 13.2. The van der Waals surface area contributed by atoms with Gasteiger partial charge in [-0.25, -0.2) is 4.68 Å². The van der Waals surface area contributed by atoms with Crippen LogP contribution in [0.5, 0.6) is 0 Å². The Morgan fingerprint density at radius 2 is 1.53 bits per heavy atom. The Kier molecular flexibility index (Phi) is 7.83. The molecule has 0 aliphatic rings. The highest BCUT2D eigenvalue weighted by atomic mass is 35.5. The molecule has 0 radical (unpaired) electrons. The topological polar surface area (TPSA) is 78.3 Å². The Bertz CT molecular complexity index is 1190. The molecule has 0 bridgehead atoms. The lowest BCUT2D eigenvalue weighted by Gasteiger charge is -2.16. The zero-order valence-electron chi connectivity index (χ0n) is 17.7. The summed E-state index contributed by atoms with van der Waals surface area (Å²) in [6, 6.07) is 13.9. The van der Waals surface area contributed by atoms with Gasteiger partial charge in [0.05, 0.1) is 17.9 Å². The molecule has 0 saturated carbocycles. The summed E-state index contributed by atoms with van der Waals surface area (Å²) in [4.78, 5) is 37.5. The molecule has 3 rings (SSSR count). The number of ketones is 1. The van der Waals surface area contributed by atoms with Crippen LogP contribution in [0.4, 0.5) is 0 Å². The summed E-state index contributed by atoms with van der Waals surface area (Å²) in [5, 5.41) is 5.67. The molecule has 0 amide bonds. The average Bonchev–Trinajstić information content (AvgIpc) is 2.75. The summed E-state index contributed by atoms with van der Waals surface area (Å²) in [6.07, 6.45) is 0.496. The van der Waals surface area contributed by atoms with E-state index in [-0.39, 0.29) is 30.3 Å². The van der Waals surface area contributed by atoms with Crippen LogP contribution in [0.2, 0.25) is 10.0 Å². The Labute approximate surface area is 195 Å². The van der Waals surface area contributed by atoms with E-state index in [1.54, 1.807) is 55.5 Å². The SMILES string of the molecule is CCOC(=O)CCCn1nc(-c2ccc(Cl)cc2)c(-c2ccc(Cl)cc2)c(C(C)=O)c1=O. The van der Waals surface area contributed by atoms with Gasteiger partial charge in [-0.1, -0.05) is 47.5 Å². The van der Waals surface area contributed by atoms with Crippen molar-refractivity contribution in [2.45, 2.75) is 33.2 Å². The standard InChI is InChI=1S/C24H22Cl2N2O4/c1-3-32-20(30)5-4-14-28-24(31)21(15(2)29)22(16-6-10-18(25)11-7-16)23(27-28)17-8-12-19(26)13-9-17/h6-13H,3-5,14H2,1-2H3. The second-order valence-electron chi connectivity index (χ2n) is 7.11. The molecule has 0 spiro atoms. The van der Waals surface area contributed by atoms with Crippen molar-refractivity contribution in [3.63, 3.8) is 0 Å². The number of halogens is 2. The number of hydrogen-bond acceptors (Lipinski definition) is 5. The van der Waals surface area contributed by atoms with E-state index in [0.29, 0.717) is 45.5 Å². The van der Waals surface area contributed by atoms with Gasteiger partial charge < -0.3 is 4.74 Å². The van der Waals surface area contributed by atoms with Crippen LogP contribution in [0.3, 0.4) is 0 Å². The zero-order chi connectivity index (χ0) is 23.3. The first kappa shape index (κ1) is 23.7. The molecule has 8 heteroatoms. The van der Waals surface area contributed by atoms with Gasteiger partial charge in [0.2, 0.25) is 0 Å². The second kappa shape index (κ2) is 10.6. The van der Waals surface area contributed by atoms with Crippen molar-refractivity contribution in [3.8, 4) is 22.4 Å². The van der Waals surface area contributed by atoms with Gasteiger partial charge in [0.1, 0.15) is 0 Å². The Morgan fingerprint density at radius 3 is 2.06 bits per heavy atom.